The first kappa shape index (κ1) is 11.4. The van der Waals surface area contributed by atoms with Gasteiger partial charge in [0.2, 0.25) is 0 Å². The molecule has 0 bridgehead atoms. The molecule has 0 spiro atoms. The third kappa shape index (κ3) is 2.20. The van der Waals surface area contributed by atoms with Crippen LogP contribution < -0.4 is 10.5 Å². The van der Waals surface area contributed by atoms with E-state index in [9.17, 15) is 5.11 Å². The number of rotatable bonds is 4. The van der Waals surface area contributed by atoms with E-state index in [-0.39, 0.29) is 6.54 Å². The number of benzene rings is 1. The topological polar surface area (TPSA) is 55.5 Å². The highest BCUT2D eigenvalue weighted by Gasteiger charge is 2.14. The Kier molecular flexibility index (Phi) is 4.25. The highest BCUT2D eigenvalue weighted by atomic mass is 32.2. The SMILES string of the molecule is COc1c(SC)cccc1C(O)CN. The van der Waals surface area contributed by atoms with Crippen molar-refractivity contribution in [2.75, 3.05) is 19.9 Å². The van der Waals surface area contributed by atoms with E-state index >= 15 is 0 Å². The van der Waals surface area contributed by atoms with Crippen LogP contribution in [0.2, 0.25) is 0 Å². The highest BCUT2D eigenvalue weighted by molar-refractivity contribution is 7.98. The molecule has 1 atom stereocenters. The van der Waals surface area contributed by atoms with Crippen molar-refractivity contribution in [2.45, 2.75) is 11.0 Å². The number of para-hydroxylation sites is 1. The van der Waals surface area contributed by atoms with Gasteiger partial charge in [0.05, 0.1) is 13.2 Å². The fourth-order valence-corrected chi connectivity index (χ4v) is 1.90. The lowest BCUT2D eigenvalue weighted by Gasteiger charge is -2.15. The predicted octanol–water partition coefficient (Wildman–Crippen LogP) is 1.41. The van der Waals surface area contributed by atoms with Gasteiger partial charge in [0.15, 0.2) is 0 Å². The van der Waals surface area contributed by atoms with E-state index in [1.165, 1.54) is 0 Å². The van der Waals surface area contributed by atoms with E-state index in [0.29, 0.717) is 0 Å². The molecule has 0 saturated carbocycles. The molecule has 0 aliphatic rings. The number of aliphatic hydroxyl groups excluding tert-OH is 1. The molecule has 0 aliphatic heterocycles. The summed E-state index contributed by atoms with van der Waals surface area (Å²) in [4.78, 5) is 1.01. The molecule has 0 aliphatic carbocycles. The second-order valence-electron chi connectivity index (χ2n) is 2.83. The quantitative estimate of drug-likeness (QED) is 0.742. The van der Waals surface area contributed by atoms with Crippen LogP contribution in [0.4, 0.5) is 0 Å². The van der Waals surface area contributed by atoms with Gasteiger partial charge >= 0.3 is 0 Å². The van der Waals surface area contributed by atoms with E-state index in [0.717, 1.165) is 16.2 Å². The summed E-state index contributed by atoms with van der Waals surface area (Å²) in [5.41, 5.74) is 6.16. The largest absolute Gasteiger partial charge is 0.495 e. The van der Waals surface area contributed by atoms with Crippen LogP contribution in [0.15, 0.2) is 23.1 Å². The van der Waals surface area contributed by atoms with E-state index in [4.69, 9.17) is 10.5 Å². The van der Waals surface area contributed by atoms with Crippen LogP contribution in [-0.2, 0) is 0 Å². The van der Waals surface area contributed by atoms with Crippen molar-refractivity contribution in [3.05, 3.63) is 23.8 Å². The molecule has 3 N–H and O–H groups in total. The molecule has 0 aromatic heterocycles. The van der Waals surface area contributed by atoms with Gasteiger partial charge in [-0.25, -0.2) is 0 Å². The maximum atomic E-state index is 9.65. The Hall–Kier alpha value is -0.710. The first-order chi connectivity index (χ1) is 6.74. The first-order valence-electron chi connectivity index (χ1n) is 4.33. The minimum atomic E-state index is -0.656. The Bertz CT molecular complexity index is 304. The highest BCUT2D eigenvalue weighted by Crippen LogP contribution is 2.33. The summed E-state index contributed by atoms with van der Waals surface area (Å²) in [6.07, 6.45) is 1.31. The molecule has 1 unspecified atom stereocenters. The molecule has 0 saturated heterocycles. The Morgan fingerprint density at radius 3 is 2.79 bits per heavy atom. The van der Waals surface area contributed by atoms with Crippen molar-refractivity contribution in [2.24, 2.45) is 5.73 Å². The van der Waals surface area contributed by atoms with E-state index in [1.54, 1.807) is 18.9 Å². The Morgan fingerprint density at radius 1 is 1.57 bits per heavy atom. The number of methoxy groups -OCH3 is 1. The van der Waals surface area contributed by atoms with Crippen LogP contribution in [0.1, 0.15) is 11.7 Å². The molecule has 1 aromatic carbocycles. The summed E-state index contributed by atoms with van der Waals surface area (Å²) >= 11 is 1.59. The zero-order valence-electron chi connectivity index (χ0n) is 8.36. The molecule has 0 amide bonds. The summed E-state index contributed by atoms with van der Waals surface area (Å²) in [5, 5.41) is 9.65. The van der Waals surface area contributed by atoms with Gasteiger partial charge in [-0.3, -0.25) is 0 Å². The fraction of sp³-hybridized carbons (Fsp3) is 0.400. The molecular weight excluding hydrogens is 198 g/mol. The maximum Gasteiger partial charge on any atom is 0.138 e. The number of ether oxygens (including phenoxy) is 1. The normalized spacial score (nSPS) is 12.6. The van der Waals surface area contributed by atoms with E-state index in [2.05, 4.69) is 0 Å². The van der Waals surface area contributed by atoms with Crippen molar-refractivity contribution in [3.63, 3.8) is 0 Å². The van der Waals surface area contributed by atoms with Gasteiger partial charge in [-0.15, -0.1) is 11.8 Å². The second kappa shape index (κ2) is 5.24. The van der Waals surface area contributed by atoms with Gasteiger partial charge in [0, 0.05) is 17.0 Å². The molecule has 0 heterocycles. The summed E-state index contributed by atoms with van der Waals surface area (Å²) in [6, 6.07) is 5.68. The van der Waals surface area contributed by atoms with Gasteiger partial charge in [0.1, 0.15) is 5.75 Å². The number of aliphatic hydroxyl groups is 1. The lowest BCUT2D eigenvalue weighted by atomic mass is 10.1. The molecule has 1 aromatic rings. The Morgan fingerprint density at radius 2 is 2.29 bits per heavy atom. The van der Waals surface area contributed by atoms with Crippen LogP contribution in [-0.4, -0.2) is 25.0 Å². The van der Waals surface area contributed by atoms with Gasteiger partial charge in [0.25, 0.3) is 0 Å². The minimum Gasteiger partial charge on any atom is -0.495 e. The molecule has 0 fully saturated rings. The van der Waals surface area contributed by atoms with Gasteiger partial charge in [-0.05, 0) is 12.3 Å². The summed E-state index contributed by atoms with van der Waals surface area (Å²) in [6.45, 7) is 0.203. The van der Waals surface area contributed by atoms with Crippen molar-refractivity contribution >= 4 is 11.8 Å². The molecule has 0 radical (unpaired) electrons. The zero-order chi connectivity index (χ0) is 10.6. The molecule has 4 heteroatoms. The number of hydrogen-bond acceptors (Lipinski definition) is 4. The Balaban J connectivity index is 3.14. The fourth-order valence-electron chi connectivity index (χ4n) is 1.30. The molecule has 1 rings (SSSR count). The van der Waals surface area contributed by atoms with E-state index < -0.39 is 6.10 Å². The molecular formula is C10H15NO2S. The van der Waals surface area contributed by atoms with Gasteiger partial charge < -0.3 is 15.6 Å². The van der Waals surface area contributed by atoms with Crippen molar-refractivity contribution in [3.8, 4) is 5.75 Å². The van der Waals surface area contributed by atoms with E-state index in [1.807, 2.05) is 24.5 Å². The average Bonchev–Trinajstić information content (AvgIpc) is 2.26. The van der Waals surface area contributed by atoms with Crippen LogP contribution in [0.5, 0.6) is 5.75 Å². The smallest absolute Gasteiger partial charge is 0.138 e. The van der Waals surface area contributed by atoms with Crippen LogP contribution in [0.25, 0.3) is 0 Å². The van der Waals surface area contributed by atoms with Gasteiger partial charge in [-0.2, -0.15) is 0 Å². The maximum absolute atomic E-state index is 9.65. The van der Waals surface area contributed by atoms with Crippen molar-refractivity contribution in [1.29, 1.82) is 0 Å². The molecule has 3 nitrogen and oxygen atoms in total. The standard InChI is InChI=1S/C10H15NO2S/c1-13-10-7(8(12)6-11)4-3-5-9(10)14-2/h3-5,8,12H,6,11H2,1-2H3. The van der Waals surface area contributed by atoms with Gasteiger partial charge in [-0.1, -0.05) is 12.1 Å². The summed E-state index contributed by atoms with van der Waals surface area (Å²) < 4.78 is 5.25. The zero-order valence-corrected chi connectivity index (χ0v) is 9.17. The van der Waals surface area contributed by atoms with Crippen LogP contribution in [0, 0.1) is 0 Å². The number of hydrogen-bond donors (Lipinski definition) is 2. The number of thioether (sulfide) groups is 1. The first-order valence-corrected chi connectivity index (χ1v) is 5.56. The summed E-state index contributed by atoms with van der Waals surface area (Å²) in [5.74, 6) is 0.720. The summed E-state index contributed by atoms with van der Waals surface area (Å²) in [7, 11) is 1.60. The monoisotopic (exact) mass is 213 g/mol. The van der Waals surface area contributed by atoms with Crippen LogP contribution in [0.3, 0.4) is 0 Å². The third-order valence-electron chi connectivity index (χ3n) is 2.02. The predicted molar refractivity (Wildman–Crippen MR) is 58.8 cm³/mol. The lowest BCUT2D eigenvalue weighted by molar-refractivity contribution is 0.181. The number of nitrogens with two attached hydrogens (primary N) is 1. The minimum absolute atomic E-state index is 0.203. The lowest BCUT2D eigenvalue weighted by Crippen LogP contribution is -2.12. The molecule has 14 heavy (non-hydrogen) atoms. The second-order valence-corrected chi connectivity index (χ2v) is 3.68. The van der Waals surface area contributed by atoms with Crippen molar-refractivity contribution in [1.82, 2.24) is 0 Å². The average molecular weight is 213 g/mol. The van der Waals surface area contributed by atoms with Crippen LogP contribution >= 0.6 is 11.8 Å². The Labute approximate surface area is 88.3 Å². The third-order valence-corrected chi connectivity index (χ3v) is 2.78. The van der Waals surface area contributed by atoms with Crippen molar-refractivity contribution < 1.29 is 9.84 Å². The molecule has 78 valence electrons.